The van der Waals surface area contributed by atoms with E-state index in [1.54, 1.807) is 24.5 Å². The molecular formula is C26H33FN6O5. The second-order valence-corrected chi connectivity index (χ2v) is 9.74. The summed E-state index contributed by atoms with van der Waals surface area (Å²) in [6, 6.07) is 4.82. The number of ether oxygens (including phenoxy) is 3. The van der Waals surface area contributed by atoms with E-state index in [1.807, 2.05) is 13.8 Å². The van der Waals surface area contributed by atoms with Gasteiger partial charge in [-0.05, 0) is 13.8 Å². The van der Waals surface area contributed by atoms with Crippen molar-refractivity contribution in [3.05, 3.63) is 42.0 Å². The molecule has 3 N–H and O–H groups in total. The van der Waals surface area contributed by atoms with Crippen LogP contribution in [-0.2, 0) is 30.4 Å². The van der Waals surface area contributed by atoms with Crippen molar-refractivity contribution in [3.63, 3.8) is 0 Å². The highest BCUT2D eigenvalue weighted by Crippen LogP contribution is 2.26. The molecule has 204 valence electrons. The van der Waals surface area contributed by atoms with Gasteiger partial charge in [0.25, 0.3) is 0 Å². The number of halogens is 1. The molecule has 1 aromatic heterocycles. The zero-order chi connectivity index (χ0) is 27.1. The molecule has 2 aromatic rings. The summed E-state index contributed by atoms with van der Waals surface area (Å²) >= 11 is 0. The Labute approximate surface area is 220 Å². The fourth-order valence-electron chi connectivity index (χ4n) is 4.02. The predicted molar refractivity (Wildman–Crippen MR) is 138 cm³/mol. The number of benzene rings is 1. The van der Waals surface area contributed by atoms with Crippen molar-refractivity contribution in [1.29, 1.82) is 5.41 Å². The van der Waals surface area contributed by atoms with Gasteiger partial charge >= 0.3 is 5.97 Å². The normalized spacial score (nSPS) is 17.7. The van der Waals surface area contributed by atoms with Crippen LogP contribution >= 0.6 is 0 Å². The number of oxime groups is 1. The summed E-state index contributed by atoms with van der Waals surface area (Å²) in [6.07, 6.45) is 4.28. The fourth-order valence-corrected chi connectivity index (χ4v) is 4.02. The van der Waals surface area contributed by atoms with Gasteiger partial charge in [-0.2, -0.15) is 0 Å². The zero-order valence-corrected chi connectivity index (χ0v) is 21.6. The molecule has 2 aliphatic rings. The Hall–Kier alpha value is -3.64. The van der Waals surface area contributed by atoms with E-state index in [9.17, 15) is 4.79 Å². The molecule has 2 fully saturated rings. The minimum Gasteiger partial charge on any atom is -0.460 e. The Balaban J connectivity index is 1.28. The van der Waals surface area contributed by atoms with Crippen LogP contribution in [-0.4, -0.2) is 66.2 Å². The van der Waals surface area contributed by atoms with E-state index in [-0.39, 0.29) is 30.3 Å². The van der Waals surface area contributed by atoms with E-state index in [1.165, 1.54) is 6.07 Å². The molecule has 0 bridgehead atoms. The number of nitrogens with zero attached hydrogens (tertiary/aromatic N) is 4. The lowest BCUT2D eigenvalue weighted by Gasteiger charge is -2.34. The summed E-state index contributed by atoms with van der Waals surface area (Å²) in [5, 5.41) is 11.4. The first-order chi connectivity index (χ1) is 18.2. The van der Waals surface area contributed by atoms with Gasteiger partial charge < -0.3 is 29.7 Å². The van der Waals surface area contributed by atoms with Crippen LogP contribution in [0.4, 0.5) is 10.3 Å². The SMILES string of the molecule is CC1(C)OCC(CON=C2CCN(c3ncc(-c4cccc(COC(=O)CC(=N)N)c4F)cn3)CC2)CO1. The number of hydrogen-bond donors (Lipinski definition) is 2. The molecule has 0 atom stereocenters. The Kier molecular flexibility index (Phi) is 8.85. The van der Waals surface area contributed by atoms with E-state index >= 15 is 4.39 Å². The average molecular weight is 529 g/mol. The maximum atomic E-state index is 15.1. The molecule has 0 radical (unpaired) electrons. The minimum absolute atomic E-state index is 0.159. The Morgan fingerprint density at radius 2 is 1.92 bits per heavy atom. The first kappa shape index (κ1) is 27.4. The predicted octanol–water partition coefficient (Wildman–Crippen LogP) is 3.02. The number of piperidine rings is 1. The zero-order valence-electron chi connectivity index (χ0n) is 21.6. The molecule has 1 aromatic carbocycles. The molecule has 0 saturated carbocycles. The third-order valence-corrected chi connectivity index (χ3v) is 6.21. The van der Waals surface area contributed by atoms with Crippen LogP contribution in [0.5, 0.6) is 0 Å². The maximum absolute atomic E-state index is 15.1. The lowest BCUT2D eigenvalue weighted by Crippen LogP contribution is -2.40. The van der Waals surface area contributed by atoms with E-state index < -0.39 is 17.6 Å². The van der Waals surface area contributed by atoms with Crippen LogP contribution in [0.2, 0.25) is 0 Å². The number of carbonyl (C=O) groups is 1. The van der Waals surface area contributed by atoms with Crippen molar-refractivity contribution in [2.45, 2.75) is 45.5 Å². The molecule has 0 amide bonds. The molecule has 2 aliphatic heterocycles. The van der Waals surface area contributed by atoms with Gasteiger partial charge in [0.1, 0.15) is 31.3 Å². The largest absolute Gasteiger partial charge is 0.460 e. The topological polar surface area (TPSA) is 145 Å². The van der Waals surface area contributed by atoms with Gasteiger partial charge in [-0.3, -0.25) is 10.2 Å². The van der Waals surface area contributed by atoms with Gasteiger partial charge in [0.2, 0.25) is 5.95 Å². The molecule has 4 rings (SSSR count). The summed E-state index contributed by atoms with van der Waals surface area (Å²) in [5.74, 6) is -1.34. The molecule has 3 heterocycles. The van der Waals surface area contributed by atoms with Crippen LogP contribution in [0.3, 0.4) is 0 Å². The smallest absolute Gasteiger partial charge is 0.313 e. The summed E-state index contributed by atoms with van der Waals surface area (Å²) in [6.45, 7) is 6.55. The van der Waals surface area contributed by atoms with E-state index in [2.05, 4.69) is 20.0 Å². The molecule has 0 spiro atoms. The number of esters is 1. The van der Waals surface area contributed by atoms with Gasteiger partial charge in [-0.1, -0.05) is 23.4 Å². The number of anilines is 1. The van der Waals surface area contributed by atoms with Gasteiger partial charge in [0.05, 0.1) is 18.9 Å². The Bertz CT molecular complexity index is 1150. The lowest BCUT2D eigenvalue weighted by atomic mass is 10.0. The molecule has 38 heavy (non-hydrogen) atoms. The van der Waals surface area contributed by atoms with Crippen LogP contribution in [0.1, 0.15) is 38.7 Å². The van der Waals surface area contributed by atoms with Crippen molar-refractivity contribution < 1.29 is 28.2 Å². The second kappa shape index (κ2) is 12.3. The third kappa shape index (κ3) is 7.45. The van der Waals surface area contributed by atoms with Gasteiger partial charge in [0.15, 0.2) is 5.79 Å². The van der Waals surface area contributed by atoms with E-state index in [0.717, 1.165) is 18.6 Å². The number of nitrogens with two attached hydrogens (primary N) is 1. The van der Waals surface area contributed by atoms with Crippen LogP contribution in [0, 0.1) is 17.1 Å². The fraction of sp³-hybridized carbons (Fsp3) is 0.500. The molecule has 12 heteroatoms. The third-order valence-electron chi connectivity index (χ3n) is 6.21. The first-order valence-electron chi connectivity index (χ1n) is 12.5. The number of aromatic nitrogens is 2. The average Bonchev–Trinajstić information content (AvgIpc) is 2.89. The molecule has 11 nitrogen and oxygen atoms in total. The summed E-state index contributed by atoms with van der Waals surface area (Å²) < 4.78 is 31.4. The number of carbonyl (C=O) groups excluding carboxylic acids is 1. The standard InChI is InChI=1S/C26H33FN6O5/c1-26(2)36-13-17(14-37-26)15-38-32-20-6-8-33(9-7-20)25-30-11-19(12-31-25)21-5-3-4-18(24(21)27)16-35-23(34)10-22(28)29/h3-5,11-12,17H,6-10,13-16H2,1-2H3,(H3,28,29). The van der Waals surface area contributed by atoms with Crippen molar-refractivity contribution in [1.82, 2.24) is 9.97 Å². The monoisotopic (exact) mass is 528 g/mol. The first-order valence-corrected chi connectivity index (χ1v) is 12.5. The summed E-state index contributed by atoms with van der Waals surface area (Å²) in [5.41, 5.74) is 7.20. The lowest BCUT2D eigenvalue weighted by molar-refractivity contribution is -0.266. The van der Waals surface area contributed by atoms with Crippen molar-refractivity contribution >= 4 is 23.5 Å². The van der Waals surface area contributed by atoms with Gasteiger partial charge in [-0.25, -0.2) is 14.4 Å². The highest BCUT2D eigenvalue weighted by Gasteiger charge is 2.28. The Morgan fingerprint density at radius 1 is 1.24 bits per heavy atom. The molecule has 0 unspecified atom stereocenters. The van der Waals surface area contributed by atoms with Crippen molar-refractivity contribution in [2.24, 2.45) is 16.8 Å². The van der Waals surface area contributed by atoms with Crippen LogP contribution < -0.4 is 10.6 Å². The number of rotatable bonds is 9. The van der Waals surface area contributed by atoms with Crippen molar-refractivity contribution in [2.75, 3.05) is 37.8 Å². The minimum atomic E-state index is -0.686. The second-order valence-electron chi connectivity index (χ2n) is 9.74. The van der Waals surface area contributed by atoms with Gasteiger partial charge in [-0.15, -0.1) is 0 Å². The molecule has 2 saturated heterocycles. The van der Waals surface area contributed by atoms with Gasteiger partial charge in [0, 0.05) is 60.9 Å². The number of amidine groups is 1. The highest BCUT2D eigenvalue weighted by atomic mass is 19.1. The molecule has 0 aliphatic carbocycles. The Morgan fingerprint density at radius 3 is 2.58 bits per heavy atom. The number of nitrogens with one attached hydrogen (secondary N) is 1. The highest BCUT2D eigenvalue weighted by molar-refractivity contribution is 5.94. The summed E-state index contributed by atoms with van der Waals surface area (Å²) in [7, 11) is 0. The van der Waals surface area contributed by atoms with E-state index in [0.29, 0.717) is 50.0 Å². The van der Waals surface area contributed by atoms with Crippen LogP contribution in [0.15, 0.2) is 35.7 Å². The molecular weight excluding hydrogens is 495 g/mol. The number of hydrogen-bond acceptors (Lipinski definition) is 10. The maximum Gasteiger partial charge on any atom is 0.313 e. The van der Waals surface area contributed by atoms with Crippen molar-refractivity contribution in [3.8, 4) is 11.1 Å². The van der Waals surface area contributed by atoms with E-state index in [4.69, 9.17) is 30.2 Å². The van der Waals surface area contributed by atoms with Crippen LogP contribution in [0.25, 0.3) is 11.1 Å². The quantitative estimate of drug-likeness (QED) is 0.217. The summed E-state index contributed by atoms with van der Waals surface area (Å²) in [4.78, 5) is 28.1.